The minimum Gasteiger partial charge on any atom is -0.334 e. The SMILES string of the molecule is C[C@@H](c1ccc(Br)cc1)N1CC(Cl)CC1=O. The quantitative estimate of drug-likeness (QED) is 0.767. The zero-order chi connectivity index (χ0) is 11.7. The summed E-state index contributed by atoms with van der Waals surface area (Å²) in [5, 5.41) is -0.0367. The summed E-state index contributed by atoms with van der Waals surface area (Å²) in [6, 6.07) is 8.15. The Hall–Kier alpha value is -0.540. The van der Waals surface area contributed by atoms with Crippen molar-refractivity contribution in [1.82, 2.24) is 4.90 Å². The third-order valence-electron chi connectivity index (χ3n) is 2.93. The van der Waals surface area contributed by atoms with Gasteiger partial charge in [-0.2, -0.15) is 0 Å². The Kier molecular flexibility index (Phi) is 3.55. The maximum Gasteiger partial charge on any atom is 0.224 e. The van der Waals surface area contributed by atoms with E-state index in [2.05, 4.69) is 15.9 Å². The van der Waals surface area contributed by atoms with Crippen molar-refractivity contribution < 1.29 is 4.79 Å². The molecule has 1 saturated heterocycles. The summed E-state index contributed by atoms with van der Waals surface area (Å²) >= 11 is 9.39. The molecule has 0 bridgehead atoms. The maximum absolute atomic E-state index is 11.7. The fourth-order valence-electron chi connectivity index (χ4n) is 1.98. The summed E-state index contributed by atoms with van der Waals surface area (Å²) in [6.45, 7) is 2.69. The van der Waals surface area contributed by atoms with E-state index in [0.717, 1.165) is 10.0 Å². The monoisotopic (exact) mass is 301 g/mol. The average molecular weight is 303 g/mol. The fraction of sp³-hybridized carbons (Fsp3) is 0.417. The molecular formula is C12H13BrClNO. The smallest absolute Gasteiger partial charge is 0.224 e. The molecule has 1 fully saturated rings. The van der Waals surface area contributed by atoms with E-state index >= 15 is 0 Å². The molecule has 2 rings (SSSR count). The van der Waals surface area contributed by atoms with Gasteiger partial charge in [-0.3, -0.25) is 4.79 Å². The van der Waals surface area contributed by atoms with Crippen LogP contribution in [0.2, 0.25) is 0 Å². The molecule has 2 nitrogen and oxygen atoms in total. The standard InChI is InChI=1S/C12H13BrClNO/c1-8(9-2-4-10(13)5-3-9)15-7-11(14)6-12(15)16/h2-5,8,11H,6-7H2,1H3/t8-,11?/m0/s1. The van der Waals surface area contributed by atoms with Gasteiger partial charge in [-0.25, -0.2) is 0 Å². The van der Waals surface area contributed by atoms with Gasteiger partial charge in [0, 0.05) is 17.4 Å². The Labute approximate surface area is 109 Å². The zero-order valence-corrected chi connectivity index (χ0v) is 11.3. The Bertz CT molecular complexity index is 393. The number of halogens is 2. The fourth-order valence-corrected chi connectivity index (χ4v) is 2.53. The van der Waals surface area contributed by atoms with Gasteiger partial charge in [-0.1, -0.05) is 28.1 Å². The lowest BCUT2D eigenvalue weighted by molar-refractivity contribution is -0.129. The average Bonchev–Trinajstić information content (AvgIpc) is 2.58. The second kappa shape index (κ2) is 4.76. The van der Waals surface area contributed by atoms with Crippen LogP contribution in [0.25, 0.3) is 0 Å². The molecule has 0 saturated carbocycles. The van der Waals surface area contributed by atoms with Gasteiger partial charge in [0.2, 0.25) is 5.91 Å². The van der Waals surface area contributed by atoms with Crippen LogP contribution in [0, 0.1) is 0 Å². The van der Waals surface area contributed by atoms with Crippen LogP contribution in [0.15, 0.2) is 28.7 Å². The van der Waals surface area contributed by atoms with Crippen LogP contribution in [-0.2, 0) is 4.79 Å². The molecule has 2 atom stereocenters. The lowest BCUT2D eigenvalue weighted by atomic mass is 10.1. The number of amides is 1. The Morgan fingerprint density at radius 1 is 1.44 bits per heavy atom. The van der Waals surface area contributed by atoms with Gasteiger partial charge in [-0.05, 0) is 24.6 Å². The van der Waals surface area contributed by atoms with Gasteiger partial charge < -0.3 is 4.90 Å². The molecule has 0 radical (unpaired) electrons. The molecule has 1 aromatic rings. The molecule has 1 unspecified atom stereocenters. The number of hydrogen-bond acceptors (Lipinski definition) is 1. The first-order chi connectivity index (χ1) is 7.58. The van der Waals surface area contributed by atoms with E-state index in [4.69, 9.17) is 11.6 Å². The van der Waals surface area contributed by atoms with E-state index in [1.807, 2.05) is 36.1 Å². The zero-order valence-electron chi connectivity index (χ0n) is 8.99. The summed E-state index contributed by atoms with van der Waals surface area (Å²) in [4.78, 5) is 13.5. The highest BCUT2D eigenvalue weighted by atomic mass is 79.9. The summed E-state index contributed by atoms with van der Waals surface area (Å²) in [5.41, 5.74) is 1.14. The Morgan fingerprint density at radius 3 is 2.56 bits per heavy atom. The Balaban J connectivity index is 2.16. The summed E-state index contributed by atoms with van der Waals surface area (Å²) in [5.74, 6) is 0.149. The Morgan fingerprint density at radius 2 is 2.06 bits per heavy atom. The minimum absolute atomic E-state index is 0.0367. The highest BCUT2D eigenvalue weighted by Gasteiger charge is 2.31. The highest BCUT2D eigenvalue weighted by molar-refractivity contribution is 9.10. The van der Waals surface area contributed by atoms with Crippen molar-refractivity contribution in [2.24, 2.45) is 0 Å². The molecule has 1 aliphatic rings. The van der Waals surface area contributed by atoms with Gasteiger partial charge >= 0.3 is 0 Å². The van der Waals surface area contributed by atoms with Gasteiger partial charge in [0.25, 0.3) is 0 Å². The molecule has 1 heterocycles. The highest BCUT2D eigenvalue weighted by Crippen LogP contribution is 2.28. The molecule has 1 aliphatic heterocycles. The molecule has 16 heavy (non-hydrogen) atoms. The van der Waals surface area contributed by atoms with Gasteiger partial charge in [-0.15, -0.1) is 11.6 Å². The molecule has 1 aromatic carbocycles. The number of hydrogen-bond donors (Lipinski definition) is 0. The topological polar surface area (TPSA) is 20.3 Å². The number of carbonyl (C=O) groups is 1. The first kappa shape index (κ1) is 11.9. The van der Waals surface area contributed by atoms with E-state index in [9.17, 15) is 4.79 Å². The molecule has 0 spiro atoms. The normalized spacial score (nSPS) is 22.6. The van der Waals surface area contributed by atoms with Crippen LogP contribution in [0.1, 0.15) is 24.9 Å². The summed E-state index contributed by atoms with van der Waals surface area (Å²) in [7, 11) is 0. The van der Waals surface area contributed by atoms with Crippen molar-refractivity contribution in [3.8, 4) is 0 Å². The van der Waals surface area contributed by atoms with Crippen molar-refractivity contribution >= 4 is 33.4 Å². The largest absolute Gasteiger partial charge is 0.334 e. The van der Waals surface area contributed by atoms with Crippen molar-refractivity contribution in [2.45, 2.75) is 24.8 Å². The molecule has 0 aliphatic carbocycles. The predicted molar refractivity (Wildman–Crippen MR) is 68.5 cm³/mol. The van der Waals surface area contributed by atoms with E-state index in [0.29, 0.717) is 13.0 Å². The summed E-state index contributed by atoms with van der Waals surface area (Å²) in [6.07, 6.45) is 0.461. The van der Waals surface area contributed by atoms with Crippen LogP contribution in [0.5, 0.6) is 0 Å². The van der Waals surface area contributed by atoms with Crippen molar-refractivity contribution in [1.29, 1.82) is 0 Å². The lowest BCUT2D eigenvalue weighted by Crippen LogP contribution is -2.28. The molecule has 1 amide bonds. The molecule has 4 heteroatoms. The number of nitrogens with zero attached hydrogens (tertiary/aromatic N) is 1. The third kappa shape index (κ3) is 2.41. The van der Waals surface area contributed by atoms with Gasteiger partial charge in [0.1, 0.15) is 0 Å². The van der Waals surface area contributed by atoms with Crippen LogP contribution in [-0.4, -0.2) is 22.7 Å². The van der Waals surface area contributed by atoms with E-state index in [1.165, 1.54) is 0 Å². The number of alkyl halides is 1. The molecular weight excluding hydrogens is 289 g/mol. The second-order valence-corrected chi connectivity index (χ2v) is 5.61. The number of carbonyl (C=O) groups excluding carboxylic acids is 1. The molecule has 0 N–H and O–H groups in total. The van der Waals surface area contributed by atoms with Crippen molar-refractivity contribution in [3.63, 3.8) is 0 Å². The first-order valence-electron chi connectivity index (χ1n) is 5.27. The van der Waals surface area contributed by atoms with Crippen LogP contribution >= 0.6 is 27.5 Å². The molecule has 86 valence electrons. The number of rotatable bonds is 2. The maximum atomic E-state index is 11.7. The van der Waals surface area contributed by atoms with E-state index in [-0.39, 0.29) is 17.3 Å². The predicted octanol–water partition coefficient (Wildman–Crippen LogP) is 3.35. The number of likely N-dealkylation sites (tertiary alicyclic amines) is 1. The van der Waals surface area contributed by atoms with Crippen molar-refractivity contribution in [3.05, 3.63) is 34.3 Å². The van der Waals surface area contributed by atoms with Crippen LogP contribution in [0.3, 0.4) is 0 Å². The molecule has 0 aromatic heterocycles. The van der Waals surface area contributed by atoms with Gasteiger partial charge in [0.15, 0.2) is 0 Å². The minimum atomic E-state index is -0.0367. The van der Waals surface area contributed by atoms with E-state index in [1.54, 1.807) is 0 Å². The number of benzene rings is 1. The third-order valence-corrected chi connectivity index (χ3v) is 3.75. The second-order valence-electron chi connectivity index (χ2n) is 4.08. The van der Waals surface area contributed by atoms with Gasteiger partial charge in [0.05, 0.1) is 11.4 Å². The van der Waals surface area contributed by atoms with Crippen LogP contribution in [0.4, 0.5) is 0 Å². The van der Waals surface area contributed by atoms with Crippen molar-refractivity contribution in [2.75, 3.05) is 6.54 Å². The van der Waals surface area contributed by atoms with Crippen LogP contribution < -0.4 is 0 Å². The first-order valence-corrected chi connectivity index (χ1v) is 6.50. The van der Waals surface area contributed by atoms with E-state index < -0.39 is 0 Å². The lowest BCUT2D eigenvalue weighted by Gasteiger charge is -2.24. The summed E-state index contributed by atoms with van der Waals surface area (Å²) < 4.78 is 1.05.